The molecule has 2 aromatic carbocycles. The second-order valence-corrected chi connectivity index (χ2v) is 5.60. The molecule has 0 saturated carbocycles. The van der Waals surface area contributed by atoms with Crippen molar-refractivity contribution in [3.05, 3.63) is 92.6 Å². The fourth-order valence-electron chi connectivity index (χ4n) is 2.53. The minimum absolute atomic E-state index is 0.324. The first-order chi connectivity index (χ1) is 13.0. The van der Waals surface area contributed by atoms with Gasteiger partial charge in [0.05, 0.1) is 12.8 Å². The van der Waals surface area contributed by atoms with E-state index in [1.807, 2.05) is 0 Å². The topological polar surface area (TPSA) is 101 Å². The molecule has 0 saturated heterocycles. The lowest BCUT2D eigenvalue weighted by Gasteiger charge is -2.09. The zero-order chi connectivity index (χ0) is 19.4. The summed E-state index contributed by atoms with van der Waals surface area (Å²) >= 11 is 0. The first kappa shape index (κ1) is 17.9. The van der Waals surface area contributed by atoms with Crippen molar-refractivity contribution in [1.29, 1.82) is 0 Å². The van der Waals surface area contributed by atoms with Crippen LogP contribution in [0.25, 0.3) is 11.8 Å². The van der Waals surface area contributed by atoms with Crippen LogP contribution < -0.4 is 16.0 Å². The Hall–Kier alpha value is -3.87. The average molecular weight is 364 g/mol. The molecule has 0 radical (unpaired) electrons. The van der Waals surface area contributed by atoms with Crippen LogP contribution in [0.5, 0.6) is 11.6 Å². The molecule has 7 nitrogen and oxygen atoms in total. The predicted octanol–water partition coefficient (Wildman–Crippen LogP) is 2.14. The van der Waals surface area contributed by atoms with Crippen LogP contribution in [0.3, 0.4) is 0 Å². The number of aromatic amines is 1. The van der Waals surface area contributed by atoms with Crippen molar-refractivity contribution in [3.63, 3.8) is 0 Å². The maximum absolute atomic E-state index is 12.5. The third-order valence-corrected chi connectivity index (χ3v) is 3.89. The van der Waals surface area contributed by atoms with Gasteiger partial charge in [-0.05, 0) is 35.9 Å². The van der Waals surface area contributed by atoms with Crippen LogP contribution in [0.2, 0.25) is 0 Å². The number of benzene rings is 2. The van der Waals surface area contributed by atoms with Gasteiger partial charge < -0.3 is 9.84 Å². The van der Waals surface area contributed by atoms with E-state index in [1.54, 1.807) is 61.7 Å². The van der Waals surface area contributed by atoms with E-state index in [0.717, 1.165) is 10.6 Å². The van der Waals surface area contributed by atoms with Crippen molar-refractivity contribution in [3.8, 4) is 17.3 Å². The Labute approximate surface area is 153 Å². The summed E-state index contributed by atoms with van der Waals surface area (Å²) in [6.07, 6.45) is 2.66. The number of nitrogens with one attached hydrogen (secondary N) is 1. The van der Waals surface area contributed by atoms with Crippen LogP contribution in [0.4, 0.5) is 0 Å². The van der Waals surface area contributed by atoms with Gasteiger partial charge in [-0.3, -0.25) is 14.6 Å². The molecule has 0 spiro atoms. The zero-order valence-corrected chi connectivity index (χ0v) is 14.4. The van der Waals surface area contributed by atoms with E-state index in [9.17, 15) is 19.5 Å². The van der Waals surface area contributed by atoms with Crippen LogP contribution in [-0.2, 0) is 0 Å². The normalized spacial score (nSPS) is 10.9. The molecule has 3 rings (SSSR count). The highest BCUT2D eigenvalue weighted by Crippen LogP contribution is 2.18. The quantitative estimate of drug-likeness (QED) is 0.533. The van der Waals surface area contributed by atoms with E-state index < -0.39 is 28.5 Å². The third-order valence-electron chi connectivity index (χ3n) is 3.89. The molecule has 0 unspecified atom stereocenters. The second-order valence-electron chi connectivity index (χ2n) is 5.60. The summed E-state index contributed by atoms with van der Waals surface area (Å²) in [7, 11) is 1.55. The third kappa shape index (κ3) is 3.72. The maximum Gasteiger partial charge on any atom is 0.335 e. The van der Waals surface area contributed by atoms with Gasteiger partial charge in [-0.15, -0.1) is 0 Å². The molecule has 0 bridgehead atoms. The molecule has 2 N–H and O–H groups in total. The van der Waals surface area contributed by atoms with Crippen molar-refractivity contribution >= 4 is 11.9 Å². The van der Waals surface area contributed by atoms with E-state index >= 15 is 0 Å². The minimum atomic E-state index is -0.950. The number of H-pyrrole nitrogens is 1. The summed E-state index contributed by atoms with van der Waals surface area (Å²) in [5.41, 5.74) is -1.27. The molecule has 1 aromatic heterocycles. The van der Waals surface area contributed by atoms with Gasteiger partial charge in [0.1, 0.15) is 11.3 Å². The molecule has 0 aliphatic rings. The molecule has 0 aliphatic heterocycles. The second kappa shape index (κ2) is 7.57. The largest absolute Gasteiger partial charge is 0.497 e. The number of nitrogens with zero attached hydrogens (tertiary/aromatic N) is 1. The zero-order valence-electron chi connectivity index (χ0n) is 14.4. The monoisotopic (exact) mass is 364 g/mol. The van der Waals surface area contributed by atoms with Crippen LogP contribution in [0, 0.1) is 0 Å². The number of carbonyl (C=O) groups is 1. The van der Waals surface area contributed by atoms with Crippen LogP contribution in [0.1, 0.15) is 15.9 Å². The Kier molecular flexibility index (Phi) is 5.03. The molecule has 3 aromatic rings. The first-order valence-electron chi connectivity index (χ1n) is 8.01. The van der Waals surface area contributed by atoms with Gasteiger partial charge in [-0.1, -0.05) is 36.4 Å². The molecule has 7 heteroatoms. The van der Waals surface area contributed by atoms with Gasteiger partial charge in [-0.2, -0.15) is 0 Å². The molecular formula is C20H16N2O5. The summed E-state index contributed by atoms with van der Waals surface area (Å²) < 4.78 is 5.93. The van der Waals surface area contributed by atoms with Crippen molar-refractivity contribution in [2.24, 2.45) is 0 Å². The Balaban J connectivity index is 2.00. The van der Waals surface area contributed by atoms with Crippen LogP contribution >= 0.6 is 0 Å². The summed E-state index contributed by atoms with van der Waals surface area (Å²) in [6, 6.07) is 15.1. The Morgan fingerprint density at radius 3 is 2.37 bits per heavy atom. The SMILES string of the molecule is COc1ccc(/C=C/C(=O)c2c(O)n(-c3ccccc3)c(=O)[nH]c2=O)cc1. The molecule has 27 heavy (non-hydrogen) atoms. The highest BCUT2D eigenvalue weighted by molar-refractivity contribution is 6.08. The van der Waals surface area contributed by atoms with E-state index in [4.69, 9.17) is 4.74 Å². The van der Waals surface area contributed by atoms with Gasteiger partial charge in [-0.25, -0.2) is 9.36 Å². The number of allylic oxidation sites excluding steroid dienone is 1. The predicted molar refractivity (Wildman–Crippen MR) is 101 cm³/mol. The average Bonchev–Trinajstić information content (AvgIpc) is 2.67. The van der Waals surface area contributed by atoms with E-state index in [1.165, 1.54) is 6.08 Å². The molecule has 0 aliphatic carbocycles. The number of para-hydroxylation sites is 1. The highest BCUT2D eigenvalue weighted by Gasteiger charge is 2.20. The number of rotatable bonds is 5. The molecule has 0 atom stereocenters. The van der Waals surface area contributed by atoms with Crippen molar-refractivity contribution in [1.82, 2.24) is 9.55 Å². The van der Waals surface area contributed by atoms with E-state index in [0.29, 0.717) is 17.0 Å². The lowest BCUT2D eigenvalue weighted by Crippen LogP contribution is -2.32. The Morgan fingerprint density at radius 2 is 1.74 bits per heavy atom. The standard InChI is InChI=1S/C20H16N2O5/c1-27-15-10-7-13(8-11-15)9-12-16(23)17-18(24)21-20(26)22(19(17)25)14-5-3-2-4-6-14/h2-12,25H,1H3,(H,21,24,26)/b12-9+. The summed E-state index contributed by atoms with van der Waals surface area (Å²) in [4.78, 5) is 38.7. The smallest absolute Gasteiger partial charge is 0.335 e. The Morgan fingerprint density at radius 1 is 1.07 bits per heavy atom. The van der Waals surface area contributed by atoms with Gasteiger partial charge in [0, 0.05) is 0 Å². The van der Waals surface area contributed by atoms with Crippen LogP contribution in [-0.4, -0.2) is 27.6 Å². The Bertz CT molecular complexity index is 1110. The number of carbonyl (C=O) groups excluding carboxylic acids is 1. The number of hydrogen-bond donors (Lipinski definition) is 2. The molecule has 136 valence electrons. The number of aromatic hydroxyl groups is 1. The lowest BCUT2D eigenvalue weighted by molar-refractivity contribution is 0.104. The minimum Gasteiger partial charge on any atom is -0.497 e. The fourth-order valence-corrected chi connectivity index (χ4v) is 2.53. The molecule has 0 amide bonds. The van der Waals surface area contributed by atoms with Gasteiger partial charge in [0.15, 0.2) is 5.78 Å². The number of methoxy groups -OCH3 is 1. The summed E-state index contributed by atoms with van der Waals surface area (Å²) in [6.45, 7) is 0. The molecule has 1 heterocycles. The number of aromatic nitrogens is 2. The van der Waals surface area contributed by atoms with Gasteiger partial charge in [0.25, 0.3) is 5.56 Å². The van der Waals surface area contributed by atoms with Crippen molar-refractivity contribution in [2.45, 2.75) is 0 Å². The maximum atomic E-state index is 12.5. The van der Waals surface area contributed by atoms with E-state index in [-0.39, 0.29) is 0 Å². The first-order valence-corrected chi connectivity index (χ1v) is 8.01. The van der Waals surface area contributed by atoms with Gasteiger partial charge in [0.2, 0.25) is 5.88 Å². The number of hydrogen-bond acceptors (Lipinski definition) is 5. The number of ether oxygens (including phenoxy) is 1. The fraction of sp³-hybridized carbons (Fsp3) is 0.0500. The van der Waals surface area contributed by atoms with E-state index in [2.05, 4.69) is 4.98 Å². The van der Waals surface area contributed by atoms with Crippen molar-refractivity contribution in [2.75, 3.05) is 7.11 Å². The summed E-state index contributed by atoms with van der Waals surface area (Å²) in [5.74, 6) is -0.768. The van der Waals surface area contributed by atoms with Gasteiger partial charge >= 0.3 is 5.69 Å². The highest BCUT2D eigenvalue weighted by atomic mass is 16.5. The van der Waals surface area contributed by atoms with Crippen LogP contribution in [0.15, 0.2) is 70.3 Å². The summed E-state index contributed by atoms with van der Waals surface area (Å²) in [5, 5.41) is 10.4. The van der Waals surface area contributed by atoms with Crippen molar-refractivity contribution < 1.29 is 14.6 Å². The molecule has 0 fully saturated rings. The number of ketones is 1. The molecular weight excluding hydrogens is 348 g/mol. The lowest BCUT2D eigenvalue weighted by atomic mass is 10.1.